The first kappa shape index (κ1) is 28.8. The molecular formula is C31H35F2N3O2S. The third kappa shape index (κ3) is 7.05. The van der Waals surface area contributed by atoms with Gasteiger partial charge in [-0.15, -0.1) is 0 Å². The van der Waals surface area contributed by atoms with E-state index in [1.807, 2.05) is 43.9 Å². The normalized spacial score (nSPS) is 17.2. The van der Waals surface area contributed by atoms with Crippen LogP contribution >= 0.6 is 11.8 Å². The number of thioether (sulfide) groups is 1. The molecule has 0 spiro atoms. The maximum atomic E-state index is 15.0. The Balaban J connectivity index is 1.49. The predicted molar refractivity (Wildman–Crippen MR) is 156 cm³/mol. The molecule has 2 atom stereocenters. The molecule has 1 aliphatic rings. The number of carbonyl (C=O) groups is 1. The maximum Gasteiger partial charge on any atom is 0.254 e. The van der Waals surface area contributed by atoms with E-state index in [1.54, 1.807) is 18.2 Å². The highest BCUT2D eigenvalue weighted by Crippen LogP contribution is 2.35. The summed E-state index contributed by atoms with van der Waals surface area (Å²) in [7, 11) is 2.01. The molecule has 0 radical (unpaired) electrons. The number of amidine groups is 1. The van der Waals surface area contributed by atoms with Crippen LogP contribution in [0.25, 0.3) is 11.1 Å². The number of rotatable bonds is 7. The van der Waals surface area contributed by atoms with Crippen molar-refractivity contribution in [1.82, 2.24) is 10.2 Å². The fourth-order valence-corrected chi connectivity index (χ4v) is 5.53. The Labute approximate surface area is 233 Å². The number of nitrogens with zero attached hydrogens (tertiary/aromatic N) is 2. The van der Waals surface area contributed by atoms with Crippen molar-refractivity contribution < 1.29 is 18.7 Å². The molecule has 39 heavy (non-hydrogen) atoms. The zero-order valence-electron chi connectivity index (χ0n) is 23.0. The van der Waals surface area contributed by atoms with Crippen molar-refractivity contribution in [3.63, 3.8) is 0 Å². The fraction of sp³-hybridized carbons (Fsp3) is 0.355. The van der Waals surface area contributed by atoms with Gasteiger partial charge in [0.15, 0.2) is 0 Å². The van der Waals surface area contributed by atoms with Gasteiger partial charge in [-0.3, -0.25) is 4.79 Å². The summed E-state index contributed by atoms with van der Waals surface area (Å²) >= 11 is 1.90. The molecule has 3 aromatic rings. The summed E-state index contributed by atoms with van der Waals surface area (Å²) in [6.45, 7) is 9.41. The minimum absolute atomic E-state index is 0.171. The van der Waals surface area contributed by atoms with Crippen LogP contribution in [0.15, 0.2) is 65.7 Å². The van der Waals surface area contributed by atoms with Crippen LogP contribution in [-0.2, 0) is 6.42 Å². The van der Waals surface area contributed by atoms with E-state index in [4.69, 9.17) is 4.99 Å². The van der Waals surface area contributed by atoms with E-state index < -0.39 is 29.7 Å². The molecule has 4 rings (SSSR count). The molecule has 0 aliphatic heterocycles. The van der Waals surface area contributed by atoms with Crippen LogP contribution in [0.1, 0.15) is 55.2 Å². The van der Waals surface area contributed by atoms with Gasteiger partial charge in [-0.2, -0.15) is 11.8 Å². The molecule has 0 bridgehead atoms. The van der Waals surface area contributed by atoms with E-state index >= 15 is 0 Å². The lowest BCUT2D eigenvalue weighted by Gasteiger charge is -2.22. The van der Waals surface area contributed by atoms with Crippen LogP contribution in [0.3, 0.4) is 0 Å². The van der Waals surface area contributed by atoms with E-state index in [0.717, 1.165) is 41.0 Å². The number of carbonyl (C=O) groups excluding carboxylic acids is 1. The Bertz CT molecular complexity index is 1390. The Kier molecular flexibility index (Phi) is 8.76. The lowest BCUT2D eigenvalue weighted by molar-refractivity contribution is 0.0854. The lowest BCUT2D eigenvalue weighted by Crippen LogP contribution is -2.34. The van der Waals surface area contributed by atoms with Crippen LogP contribution in [0.4, 0.5) is 14.5 Å². The summed E-state index contributed by atoms with van der Waals surface area (Å²) in [4.78, 5) is 19.9. The van der Waals surface area contributed by atoms with Gasteiger partial charge in [-0.1, -0.05) is 51.1 Å². The second kappa shape index (κ2) is 11.9. The van der Waals surface area contributed by atoms with Gasteiger partial charge in [0.1, 0.15) is 17.5 Å². The Morgan fingerprint density at radius 3 is 2.54 bits per heavy atom. The highest BCUT2D eigenvalue weighted by Gasteiger charge is 2.33. The predicted octanol–water partition coefficient (Wildman–Crippen LogP) is 6.53. The van der Waals surface area contributed by atoms with Crippen molar-refractivity contribution >= 4 is 29.2 Å². The summed E-state index contributed by atoms with van der Waals surface area (Å²) in [5, 5.41) is 13.5. The number of hydrogen-bond donors (Lipinski definition) is 2. The molecule has 1 amide bonds. The molecule has 0 unspecified atom stereocenters. The van der Waals surface area contributed by atoms with Crippen LogP contribution < -0.4 is 5.32 Å². The third-order valence-corrected chi connectivity index (χ3v) is 8.02. The SMILES string of the molecule is CC(=Nc1ccc2c(c1)[C@@H](NC(=O)c1ccc(-c3ccccc3F)cc1F)[C@H](O)C2)N(C)CCSC(C)(C)C. The number of aliphatic hydroxyl groups is 1. The fourth-order valence-electron chi connectivity index (χ4n) is 4.56. The van der Waals surface area contributed by atoms with Gasteiger partial charge >= 0.3 is 0 Å². The molecule has 0 aromatic heterocycles. The smallest absolute Gasteiger partial charge is 0.254 e. The molecule has 3 aromatic carbocycles. The second-order valence-corrected chi connectivity index (χ2v) is 12.7. The number of hydrogen-bond acceptors (Lipinski definition) is 4. The van der Waals surface area contributed by atoms with E-state index in [-0.39, 0.29) is 15.9 Å². The number of amides is 1. The first-order valence-corrected chi connectivity index (χ1v) is 14.0. The van der Waals surface area contributed by atoms with Crippen LogP contribution in [-0.4, -0.2) is 51.9 Å². The van der Waals surface area contributed by atoms with Gasteiger partial charge in [0.25, 0.3) is 5.91 Å². The lowest BCUT2D eigenvalue weighted by atomic mass is 10.0. The van der Waals surface area contributed by atoms with Crippen molar-refractivity contribution in [2.75, 3.05) is 19.3 Å². The minimum Gasteiger partial charge on any atom is -0.390 e. The summed E-state index contributed by atoms with van der Waals surface area (Å²) in [5.74, 6) is -0.0350. The molecule has 0 fully saturated rings. The first-order valence-electron chi connectivity index (χ1n) is 13.0. The average Bonchev–Trinajstić information content (AvgIpc) is 3.17. The Morgan fingerprint density at radius 1 is 1.10 bits per heavy atom. The first-order chi connectivity index (χ1) is 18.4. The van der Waals surface area contributed by atoms with Crippen LogP contribution in [0, 0.1) is 11.6 Å². The zero-order chi connectivity index (χ0) is 28.3. The van der Waals surface area contributed by atoms with E-state index in [0.29, 0.717) is 12.0 Å². The molecular weight excluding hydrogens is 516 g/mol. The van der Waals surface area contributed by atoms with E-state index in [9.17, 15) is 18.7 Å². The molecule has 5 nitrogen and oxygen atoms in total. The largest absolute Gasteiger partial charge is 0.390 e. The van der Waals surface area contributed by atoms with Crippen molar-refractivity contribution in [3.05, 3.63) is 89.0 Å². The molecule has 8 heteroatoms. The molecule has 1 aliphatic carbocycles. The van der Waals surface area contributed by atoms with Gasteiger partial charge < -0.3 is 15.3 Å². The van der Waals surface area contributed by atoms with Gasteiger partial charge in [0.05, 0.1) is 23.4 Å². The standard InChI is InChI=1S/C31H35F2N3O2S/c1-19(36(5)14-15-39-31(2,3)4)34-22-12-10-21-17-28(37)29(25(21)18-22)35-30(38)24-13-11-20(16-27(24)33)23-8-6-7-9-26(23)32/h6-13,16,18,28-29,37H,14-15,17H2,1-5H3,(H,35,38)/t28-,29-/m1/s1. The monoisotopic (exact) mass is 551 g/mol. The summed E-state index contributed by atoms with van der Waals surface area (Å²) in [6.07, 6.45) is -0.468. The number of aliphatic hydroxyl groups excluding tert-OH is 1. The van der Waals surface area contributed by atoms with Crippen molar-refractivity contribution in [2.24, 2.45) is 4.99 Å². The van der Waals surface area contributed by atoms with Crippen molar-refractivity contribution in [1.29, 1.82) is 0 Å². The highest BCUT2D eigenvalue weighted by atomic mass is 32.2. The second-order valence-electron chi connectivity index (χ2n) is 10.8. The van der Waals surface area contributed by atoms with E-state index in [2.05, 4.69) is 31.0 Å². The number of benzene rings is 3. The maximum absolute atomic E-state index is 15.0. The highest BCUT2D eigenvalue weighted by molar-refractivity contribution is 8.00. The van der Waals surface area contributed by atoms with E-state index in [1.165, 1.54) is 18.2 Å². The van der Waals surface area contributed by atoms with Crippen LogP contribution in [0.2, 0.25) is 0 Å². The molecule has 0 heterocycles. The Morgan fingerprint density at radius 2 is 1.85 bits per heavy atom. The third-order valence-electron chi connectivity index (χ3n) is 6.77. The number of aliphatic imine (C=N–C) groups is 1. The van der Waals surface area contributed by atoms with Crippen molar-refractivity contribution in [3.8, 4) is 11.1 Å². The number of halogens is 2. The minimum atomic E-state index is -0.845. The topological polar surface area (TPSA) is 64.9 Å². The molecule has 206 valence electrons. The summed E-state index contributed by atoms with van der Waals surface area (Å²) < 4.78 is 29.3. The van der Waals surface area contributed by atoms with Gasteiger partial charge in [-0.05, 0) is 53.9 Å². The quantitative estimate of drug-likeness (QED) is 0.259. The molecule has 0 saturated carbocycles. The Hall–Kier alpha value is -3.23. The van der Waals surface area contributed by atoms with Gasteiger partial charge in [0.2, 0.25) is 0 Å². The van der Waals surface area contributed by atoms with Crippen LogP contribution in [0.5, 0.6) is 0 Å². The number of fused-ring (bicyclic) bond motifs is 1. The van der Waals surface area contributed by atoms with Gasteiger partial charge in [0, 0.05) is 36.1 Å². The number of nitrogens with one attached hydrogen (secondary N) is 1. The summed E-state index contributed by atoms with van der Waals surface area (Å²) in [6, 6.07) is 15.1. The zero-order valence-corrected chi connectivity index (χ0v) is 23.8. The molecule has 2 N–H and O–H groups in total. The molecule has 0 saturated heterocycles. The average molecular weight is 552 g/mol. The van der Waals surface area contributed by atoms with Crippen molar-refractivity contribution in [2.45, 2.75) is 51.0 Å². The van der Waals surface area contributed by atoms with Gasteiger partial charge in [-0.25, -0.2) is 13.8 Å². The summed E-state index contributed by atoms with van der Waals surface area (Å²) in [5.41, 5.74) is 2.82.